The summed E-state index contributed by atoms with van der Waals surface area (Å²) in [4.78, 5) is 11.6. The number of benzene rings is 1. The van der Waals surface area contributed by atoms with E-state index >= 15 is 0 Å². The quantitative estimate of drug-likeness (QED) is 0.829. The van der Waals surface area contributed by atoms with Crippen LogP contribution in [-0.2, 0) is 9.53 Å². The molecule has 0 unspecified atom stereocenters. The van der Waals surface area contributed by atoms with E-state index in [9.17, 15) is 9.90 Å². The molecule has 1 aliphatic rings. The maximum atomic E-state index is 11.6. The van der Waals surface area contributed by atoms with E-state index in [1.807, 2.05) is 28.5 Å². The average molecular weight is 347 g/mol. The van der Waals surface area contributed by atoms with E-state index in [0.717, 1.165) is 28.0 Å². The molecule has 3 rings (SSSR count). The van der Waals surface area contributed by atoms with Crippen molar-refractivity contribution in [2.45, 2.75) is 25.8 Å². The summed E-state index contributed by atoms with van der Waals surface area (Å²) >= 11 is 1.84. The van der Waals surface area contributed by atoms with E-state index in [2.05, 4.69) is 30.1 Å². The van der Waals surface area contributed by atoms with E-state index in [4.69, 9.17) is 4.74 Å². The lowest BCUT2D eigenvalue weighted by molar-refractivity contribution is -0.121. The van der Waals surface area contributed by atoms with Crippen molar-refractivity contribution < 1.29 is 14.6 Å². The number of hydrogen-bond acceptors (Lipinski definition) is 5. The zero-order valence-electron chi connectivity index (χ0n) is 14.0. The van der Waals surface area contributed by atoms with Crippen LogP contribution in [0.1, 0.15) is 31.4 Å². The number of aromatic hydroxyl groups is 1. The number of carbonyl (C=O) groups excluding carboxylic acids is 1. The number of rotatable bonds is 5. The van der Waals surface area contributed by atoms with Crippen LogP contribution in [0.15, 0.2) is 28.4 Å². The molecule has 0 spiro atoms. The largest absolute Gasteiger partial charge is 0.493 e. The number of fused-ring (bicyclic) bond motifs is 1. The molecular formula is C17H21N3O3S. The highest BCUT2D eigenvalue weighted by molar-refractivity contribution is 8.00. The average Bonchev–Trinajstić information content (AvgIpc) is 2.76. The van der Waals surface area contributed by atoms with Crippen LogP contribution in [0.5, 0.6) is 5.88 Å². The van der Waals surface area contributed by atoms with Gasteiger partial charge in [-0.1, -0.05) is 19.9 Å². The third kappa shape index (κ3) is 3.06. The standard InChI is InChI=1S/C17H21N3O3S/c1-10(2)11-4-5-14-13(6-11)16(19-18-15(21)7-23-3)17(22)20(14)12-8-24-9-12/h4-6,10,12,22H,7-9H2,1-3H3. The van der Waals surface area contributed by atoms with Gasteiger partial charge < -0.3 is 14.4 Å². The Kier molecular flexibility index (Phi) is 4.91. The van der Waals surface area contributed by atoms with Gasteiger partial charge in [-0.3, -0.25) is 4.79 Å². The number of thioether (sulfide) groups is 1. The Hall–Kier alpha value is -1.86. The second-order valence-electron chi connectivity index (χ2n) is 6.19. The van der Waals surface area contributed by atoms with Gasteiger partial charge in [0.2, 0.25) is 5.88 Å². The molecule has 2 aromatic rings. The molecule has 0 radical (unpaired) electrons. The van der Waals surface area contributed by atoms with Crippen molar-refractivity contribution in [3.05, 3.63) is 23.8 Å². The van der Waals surface area contributed by atoms with Gasteiger partial charge in [0.1, 0.15) is 6.61 Å². The minimum absolute atomic E-state index is 0.0742. The summed E-state index contributed by atoms with van der Waals surface area (Å²) in [6.45, 7) is 4.10. The summed E-state index contributed by atoms with van der Waals surface area (Å²) in [5, 5.41) is 19.2. The lowest BCUT2D eigenvalue weighted by Gasteiger charge is -2.27. The monoisotopic (exact) mass is 347 g/mol. The van der Waals surface area contributed by atoms with E-state index in [1.165, 1.54) is 7.11 Å². The zero-order chi connectivity index (χ0) is 17.3. The molecule has 1 saturated heterocycles. The number of azo groups is 1. The summed E-state index contributed by atoms with van der Waals surface area (Å²) in [7, 11) is 1.43. The van der Waals surface area contributed by atoms with Crippen LogP contribution < -0.4 is 0 Å². The molecule has 0 aliphatic carbocycles. The molecule has 0 saturated carbocycles. The van der Waals surface area contributed by atoms with Crippen molar-refractivity contribution in [3.63, 3.8) is 0 Å². The first-order valence-corrected chi connectivity index (χ1v) is 9.06. The van der Waals surface area contributed by atoms with E-state index < -0.39 is 5.91 Å². The smallest absolute Gasteiger partial charge is 0.290 e. The van der Waals surface area contributed by atoms with Crippen molar-refractivity contribution in [1.29, 1.82) is 0 Å². The molecular weight excluding hydrogens is 326 g/mol. The Morgan fingerprint density at radius 1 is 1.46 bits per heavy atom. The number of ether oxygens (including phenoxy) is 1. The van der Waals surface area contributed by atoms with E-state index in [-0.39, 0.29) is 18.5 Å². The summed E-state index contributed by atoms with van der Waals surface area (Å²) in [5.41, 5.74) is 2.44. The Morgan fingerprint density at radius 3 is 2.79 bits per heavy atom. The molecule has 1 aromatic carbocycles. The number of carbonyl (C=O) groups is 1. The molecule has 24 heavy (non-hydrogen) atoms. The van der Waals surface area contributed by atoms with Crippen molar-refractivity contribution in [2.24, 2.45) is 10.2 Å². The van der Waals surface area contributed by atoms with Gasteiger partial charge in [0, 0.05) is 24.0 Å². The second kappa shape index (κ2) is 6.94. The highest BCUT2D eigenvalue weighted by atomic mass is 32.2. The van der Waals surface area contributed by atoms with Crippen LogP contribution in [0.4, 0.5) is 5.69 Å². The molecule has 128 valence electrons. The summed E-state index contributed by atoms with van der Waals surface area (Å²) in [5.74, 6) is 1.88. The fourth-order valence-corrected chi connectivity index (χ4v) is 3.50. The molecule has 2 heterocycles. The molecule has 0 bridgehead atoms. The highest BCUT2D eigenvalue weighted by Crippen LogP contribution is 2.45. The maximum absolute atomic E-state index is 11.6. The van der Waals surface area contributed by atoms with Gasteiger partial charge >= 0.3 is 0 Å². The van der Waals surface area contributed by atoms with Crippen molar-refractivity contribution >= 4 is 34.3 Å². The van der Waals surface area contributed by atoms with Crippen LogP contribution in [-0.4, -0.2) is 40.8 Å². The van der Waals surface area contributed by atoms with E-state index in [0.29, 0.717) is 11.6 Å². The minimum atomic E-state index is -0.475. The summed E-state index contributed by atoms with van der Waals surface area (Å²) < 4.78 is 6.66. The van der Waals surface area contributed by atoms with Crippen molar-refractivity contribution in [1.82, 2.24) is 4.57 Å². The fraction of sp³-hybridized carbons (Fsp3) is 0.471. The fourth-order valence-electron chi connectivity index (χ4n) is 2.76. The Labute approximate surface area is 144 Å². The van der Waals surface area contributed by atoms with Gasteiger partial charge in [0.15, 0.2) is 5.69 Å². The van der Waals surface area contributed by atoms with Crippen LogP contribution in [0, 0.1) is 0 Å². The lowest BCUT2D eigenvalue weighted by Crippen LogP contribution is -2.22. The van der Waals surface area contributed by atoms with Gasteiger partial charge in [-0.2, -0.15) is 11.8 Å². The van der Waals surface area contributed by atoms with Crippen molar-refractivity contribution in [2.75, 3.05) is 25.2 Å². The number of methoxy groups -OCH3 is 1. The van der Waals surface area contributed by atoms with Crippen LogP contribution in [0.3, 0.4) is 0 Å². The van der Waals surface area contributed by atoms with Crippen molar-refractivity contribution in [3.8, 4) is 5.88 Å². The normalized spacial score (nSPS) is 15.5. The molecule has 1 aliphatic heterocycles. The molecule has 1 fully saturated rings. The van der Waals surface area contributed by atoms with E-state index in [1.54, 1.807) is 0 Å². The SMILES string of the molecule is COCC(=O)N=Nc1c(O)n(C2CSC2)c2ccc(C(C)C)cc12. The highest BCUT2D eigenvalue weighted by Gasteiger charge is 2.27. The first-order chi connectivity index (χ1) is 11.5. The van der Waals surface area contributed by atoms with Gasteiger partial charge in [0.25, 0.3) is 5.91 Å². The third-order valence-corrected chi connectivity index (χ3v) is 5.40. The predicted octanol–water partition coefficient (Wildman–Crippen LogP) is 4.01. The molecule has 0 atom stereocenters. The lowest BCUT2D eigenvalue weighted by atomic mass is 10.0. The van der Waals surface area contributed by atoms with Gasteiger partial charge in [-0.25, -0.2) is 0 Å². The Balaban J connectivity index is 2.12. The maximum Gasteiger partial charge on any atom is 0.290 e. The summed E-state index contributed by atoms with van der Waals surface area (Å²) in [6.07, 6.45) is 0. The molecule has 7 heteroatoms. The second-order valence-corrected chi connectivity index (χ2v) is 7.27. The predicted molar refractivity (Wildman–Crippen MR) is 95.5 cm³/mol. The van der Waals surface area contributed by atoms with Gasteiger partial charge in [-0.15, -0.1) is 10.2 Å². The summed E-state index contributed by atoms with van der Waals surface area (Å²) in [6, 6.07) is 6.37. The first kappa shape index (κ1) is 17.0. The molecule has 1 amide bonds. The van der Waals surface area contributed by atoms with Crippen LogP contribution in [0.2, 0.25) is 0 Å². The number of amides is 1. The molecule has 6 nitrogen and oxygen atoms in total. The topological polar surface area (TPSA) is 76.2 Å². The van der Waals surface area contributed by atoms with Gasteiger partial charge in [0.05, 0.1) is 11.6 Å². The Bertz CT molecular complexity index is 794. The number of hydrogen-bond donors (Lipinski definition) is 1. The minimum Gasteiger partial charge on any atom is -0.493 e. The number of nitrogens with zero attached hydrogens (tertiary/aromatic N) is 3. The van der Waals surface area contributed by atoms with Crippen LogP contribution in [0.25, 0.3) is 10.9 Å². The molecule has 1 N–H and O–H groups in total. The molecule has 1 aromatic heterocycles. The zero-order valence-corrected chi connectivity index (χ0v) is 14.8. The Morgan fingerprint density at radius 2 is 2.21 bits per heavy atom. The first-order valence-electron chi connectivity index (χ1n) is 7.91. The third-order valence-electron chi connectivity index (χ3n) is 4.16. The van der Waals surface area contributed by atoms with Crippen LogP contribution >= 0.6 is 11.8 Å². The van der Waals surface area contributed by atoms with Gasteiger partial charge in [-0.05, 0) is 23.6 Å². The number of aromatic nitrogens is 1.